The Labute approximate surface area is 124 Å². The van der Waals surface area contributed by atoms with Gasteiger partial charge in [0, 0.05) is 16.6 Å². The number of amides is 1. The molecule has 2 aromatic carbocycles. The van der Waals surface area contributed by atoms with E-state index in [1.165, 1.54) is 12.1 Å². The highest BCUT2D eigenvalue weighted by Gasteiger charge is 2.26. The topological polar surface area (TPSA) is 41.1 Å². The van der Waals surface area contributed by atoms with E-state index in [9.17, 15) is 9.18 Å². The lowest BCUT2D eigenvalue weighted by molar-refractivity contribution is -0.116. The van der Waals surface area contributed by atoms with Gasteiger partial charge in [0.1, 0.15) is 11.9 Å². The second kappa shape index (κ2) is 5.25. The van der Waals surface area contributed by atoms with Crippen molar-refractivity contribution in [3.05, 3.63) is 58.3 Å². The zero-order valence-corrected chi connectivity index (χ0v) is 12.1. The number of carbonyl (C=O) groups excluding carboxylic acids is 1. The van der Waals surface area contributed by atoms with Gasteiger partial charge in [0.2, 0.25) is 5.91 Å². The lowest BCUT2D eigenvalue weighted by Crippen LogP contribution is -2.32. The van der Waals surface area contributed by atoms with Crippen LogP contribution in [0.3, 0.4) is 0 Å². The highest BCUT2D eigenvalue weighted by atomic mass is 79.9. The Morgan fingerprint density at radius 1 is 1.30 bits per heavy atom. The summed E-state index contributed by atoms with van der Waals surface area (Å²) in [5.41, 5.74) is 2.69. The molecule has 0 saturated carbocycles. The van der Waals surface area contributed by atoms with Gasteiger partial charge < -0.3 is 10.6 Å². The average molecular weight is 335 g/mol. The molecule has 1 unspecified atom stereocenters. The first-order valence-corrected chi connectivity index (χ1v) is 7.03. The molecule has 0 spiro atoms. The third-order valence-corrected chi connectivity index (χ3v) is 3.93. The first-order chi connectivity index (χ1) is 9.63. The molecule has 1 heterocycles. The van der Waals surface area contributed by atoms with Gasteiger partial charge in [-0.25, -0.2) is 4.39 Å². The highest BCUT2D eigenvalue weighted by molar-refractivity contribution is 9.10. The maximum absolute atomic E-state index is 13.0. The van der Waals surface area contributed by atoms with Gasteiger partial charge in [-0.15, -0.1) is 0 Å². The van der Waals surface area contributed by atoms with E-state index in [4.69, 9.17) is 0 Å². The molecular weight excluding hydrogens is 323 g/mol. The molecular formula is C15H12BrFN2O. The van der Waals surface area contributed by atoms with Gasteiger partial charge >= 0.3 is 0 Å². The fourth-order valence-electron chi connectivity index (χ4n) is 2.27. The zero-order valence-electron chi connectivity index (χ0n) is 10.5. The summed E-state index contributed by atoms with van der Waals surface area (Å²) >= 11 is 3.24. The number of fused-ring (bicyclic) bond motifs is 1. The number of carbonyl (C=O) groups is 1. The first kappa shape index (κ1) is 13.1. The molecule has 0 fully saturated rings. The third kappa shape index (κ3) is 2.54. The average Bonchev–Trinajstić information content (AvgIpc) is 2.86. The number of rotatable bonds is 2. The predicted octanol–water partition coefficient (Wildman–Crippen LogP) is 3.56. The molecule has 0 bridgehead atoms. The molecule has 0 radical (unpaired) electrons. The Balaban J connectivity index is 1.72. The summed E-state index contributed by atoms with van der Waals surface area (Å²) in [4.78, 5) is 12.2. The van der Waals surface area contributed by atoms with Crippen LogP contribution in [0.15, 0.2) is 46.9 Å². The van der Waals surface area contributed by atoms with Crippen molar-refractivity contribution in [3.8, 4) is 0 Å². The fourth-order valence-corrected chi connectivity index (χ4v) is 2.72. The number of nitrogens with one attached hydrogen (secondary N) is 2. The molecule has 3 nitrogen and oxygen atoms in total. The normalized spacial score (nSPS) is 16.4. The summed E-state index contributed by atoms with van der Waals surface area (Å²) in [6.07, 6.45) is 0.654. The van der Waals surface area contributed by atoms with E-state index in [-0.39, 0.29) is 17.8 Å². The number of hydrogen-bond donors (Lipinski definition) is 2. The summed E-state index contributed by atoms with van der Waals surface area (Å²) in [6, 6.07) is 11.7. The van der Waals surface area contributed by atoms with Crippen molar-refractivity contribution in [1.29, 1.82) is 0 Å². The summed E-state index contributed by atoms with van der Waals surface area (Å²) in [5.74, 6) is -0.477. The van der Waals surface area contributed by atoms with E-state index in [2.05, 4.69) is 26.6 Å². The van der Waals surface area contributed by atoms with Crippen LogP contribution in [0.4, 0.5) is 15.8 Å². The molecule has 1 aliphatic rings. The predicted molar refractivity (Wildman–Crippen MR) is 80.3 cm³/mol. The van der Waals surface area contributed by atoms with E-state index in [1.807, 2.05) is 24.3 Å². The summed E-state index contributed by atoms with van der Waals surface area (Å²) < 4.78 is 13.5. The van der Waals surface area contributed by atoms with Crippen molar-refractivity contribution in [1.82, 2.24) is 0 Å². The maximum Gasteiger partial charge on any atom is 0.247 e. The van der Waals surface area contributed by atoms with Gasteiger partial charge in [0.05, 0.1) is 5.69 Å². The number of benzene rings is 2. The van der Waals surface area contributed by atoms with Crippen LogP contribution in [0, 0.1) is 5.82 Å². The van der Waals surface area contributed by atoms with E-state index in [0.717, 1.165) is 11.3 Å². The quantitative estimate of drug-likeness (QED) is 0.881. The summed E-state index contributed by atoms with van der Waals surface area (Å²) in [6.45, 7) is 0. The third-order valence-electron chi connectivity index (χ3n) is 3.28. The molecule has 102 valence electrons. The number of halogens is 2. The molecule has 3 rings (SSSR count). The minimum absolute atomic E-state index is 0.131. The van der Waals surface area contributed by atoms with Crippen molar-refractivity contribution >= 4 is 33.2 Å². The molecule has 0 saturated heterocycles. The van der Waals surface area contributed by atoms with Gasteiger partial charge in [-0.1, -0.05) is 18.2 Å². The van der Waals surface area contributed by atoms with Crippen LogP contribution in [-0.4, -0.2) is 11.9 Å². The first-order valence-electron chi connectivity index (χ1n) is 6.24. The molecule has 2 N–H and O–H groups in total. The largest absolute Gasteiger partial charge is 0.373 e. The van der Waals surface area contributed by atoms with E-state index in [0.29, 0.717) is 16.6 Å². The Bertz CT molecular complexity index is 650. The van der Waals surface area contributed by atoms with E-state index < -0.39 is 0 Å². The second-order valence-electron chi connectivity index (χ2n) is 4.67. The van der Waals surface area contributed by atoms with Gasteiger partial charge in [0.15, 0.2) is 0 Å². The lowest BCUT2D eigenvalue weighted by atomic mass is 10.1. The van der Waals surface area contributed by atoms with Crippen molar-refractivity contribution < 1.29 is 9.18 Å². The molecule has 5 heteroatoms. The van der Waals surface area contributed by atoms with Crippen LogP contribution in [-0.2, 0) is 11.2 Å². The second-order valence-corrected chi connectivity index (χ2v) is 5.53. The molecule has 20 heavy (non-hydrogen) atoms. The molecule has 1 aliphatic heterocycles. The highest BCUT2D eigenvalue weighted by Crippen LogP contribution is 2.27. The Kier molecular flexibility index (Phi) is 3.44. The minimum atomic E-state index is -0.346. The van der Waals surface area contributed by atoms with Crippen molar-refractivity contribution in [2.24, 2.45) is 0 Å². The number of anilines is 2. The van der Waals surface area contributed by atoms with Crippen molar-refractivity contribution in [2.45, 2.75) is 12.5 Å². The molecule has 0 aromatic heterocycles. The number of hydrogen-bond acceptors (Lipinski definition) is 2. The standard InChI is InChI=1S/C15H12BrFN2O/c16-11-8-10(17)5-6-13(11)19-15(20)14-7-9-3-1-2-4-12(9)18-14/h1-6,8,14,18H,7H2,(H,19,20). The van der Waals surface area contributed by atoms with E-state index >= 15 is 0 Å². The molecule has 2 aromatic rings. The summed E-state index contributed by atoms with van der Waals surface area (Å²) in [5, 5.41) is 5.98. The molecule has 0 aliphatic carbocycles. The monoisotopic (exact) mass is 334 g/mol. The maximum atomic E-state index is 13.0. The minimum Gasteiger partial charge on any atom is -0.373 e. The van der Waals surface area contributed by atoms with Crippen LogP contribution in [0.25, 0.3) is 0 Å². The Hall–Kier alpha value is -1.88. The van der Waals surface area contributed by atoms with Crippen molar-refractivity contribution in [2.75, 3.05) is 10.6 Å². The summed E-state index contributed by atoms with van der Waals surface area (Å²) in [7, 11) is 0. The molecule has 1 amide bonds. The molecule has 1 atom stereocenters. The Morgan fingerprint density at radius 3 is 2.85 bits per heavy atom. The van der Waals surface area contributed by atoms with Gasteiger partial charge in [-0.05, 0) is 45.8 Å². The van der Waals surface area contributed by atoms with Crippen molar-refractivity contribution in [3.63, 3.8) is 0 Å². The van der Waals surface area contributed by atoms with Crippen LogP contribution >= 0.6 is 15.9 Å². The van der Waals surface area contributed by atoms with Gasteiger partial charge in [-0.2, -0.15) is 0 Å². The number of para-hydroxylation sites is 1. The van der Waals surface area contributed by atoms with Crippen LogP contribution in [0.2, 0.25) is 0 Å². The van der Waals surface area contributed by atoms with Crippen LogP contribution in [0.1, 0.15) is 5.56 Å². The smallest absolute Gasteiger partial charge is 0.247 e. The fraction of sp³-hybridized carbons (Fsp3) is 0.133. The van der Waals surface area contributed by atoms with Crippen LogP contribution < -0.4 is 10.6 Å². The zero-order chi connectivity index (χ0) is 14.1. The van der Waals surface area contributed by atoms with Crippen LogP contribution in [0.5, 0.6) is 0 Å². The van der Waals surface area contributed by atoms with Gasteiger partial charge in [-0.3, -0.25) is 4.79 Å². The lowest BCUT2D eigenvalue weighted by Gasteiger charge is -2.13. The van der Waals surface area contributed by atoms with E-state index in [1.54, 1.807) is 6.07 Å². The van der Waals surface area contributed by atoms with Gasteiger partial charge in [0.25, 0.3) is 0 Å². The Morgan fingerprint density at radius 2 is 2.10 bits per heavy atom. The SMILES string of the molecule is O=C(Nc1ccc(F)cc1Br)C1Cc2ccccc2N1.